The predicted molar refractivity (Wildman–Crippen MR) is 79.5 cm³/mol. The summed E-state index contributed by atoms with van der Waals surface area (Å²) in [6, 6.07) is 9.07. The Morgan fingerprint density at radius 2 is 1.81 bits per heavy atom. The van der Waals surface area contributed by atoms with Crippen molar-refractivity contribution < 1.29 is 17.9 Å². The number of halogens is 1. The molecule has 0 heterocycles. The van der Waals surface area contributed by atoms with Crippen LogP contribution in [-0.4, -0.2) is 19.8 Å². The van der Waals surface area contributed by atoms with Crippen LogP contribution in [0.15, 0.2) is 41.3 Å². The molecule has 0 aliphatic heterocycles. The molecule has 0 radical (unpaired) electrons. The fourth-order valence-electron chi connectivity index (χ4n) is 2.36. The highest BCUT2D eigenvalue weighted by molar-refractivity contribution is 7.90. The number of aliphatic hydroxyl groups is 1. The fraction of sp³-hybridized carbons (Fsp3) is 0.250. The molecule has 1 N–H and O–H groups in total. The van der Waals surface area contributed by atoms with Crippen LogP contribution in [0.5, 0.6) is 0 Å². The second kappa shape index (κ2) is 5.58. The van der Waals surface area contributed by atoms with Crippen molar-refractivity contribution in [1.29, 1.82) is 0 Å². The highest BCUT2D eigenvalue weighted by atomic mass is 32.2. The topological polar surface area (TPSA) is 54.4 Å². The summed E-state index contributed by atoms with van der Waals surface area (Å²) in [5.41, 5.74) is 1.92. The molecule has 1 unspecified atom stereocenters. The number of sulfone groups is 1. The average molecular weight is 308 g/mol. The van der Waals surface area contributed by atoms with E-state index in [9.17, 15) is 17.9 Å². The van der Waals surface area contributed by atoms with Gasteiger partial charge in [-0.15, -0.1) is 0 Å². The molecule has 21 heavy (non-hydrogen) atoms. The molecule has 2 rings (SSSR count). The molecular weight excluding hydrogens is 291 g/mol. The molecule has 2 aromatic carbocycles. The minimum absolute atomic E-state index is 0.101. The molecule has 0 saturated heterocycles. The molecule has 112 valence electrons. The van der Waals surface area contributed by atoms with Gasteiger partial charge in [0.1, 0.15) is 11.9 Å². The molecule has 0 aliphatic carbocycles. The van der Waals surface area contributed by atoms with Crippen LogP contribution in [0.2, 0.25) is 0 Å². The standard InChI is InChI=1S/C16H17FO3S/c1-10-7-11(2)15(14(17)8-10)16(18)12-5-4-6-13(9-12)21(3,19)20/h4-9,16,18H,1-3H3. The molecule has 0 aromatic heterocycles. The van der Waals surface area contributed by atoms with Crippen molar-refractivity contribution in [2.75, 3.05) is 6.26 Å². The summed E-state index contributed by atoms with van der Waals surface area (Å²) in [6.07, 6.45) is -0.108. The monoisotopic (exact) mass is 308 g/mol. The Kier molecular flexibility index (Phi) is 4.16. The molecule has 5 heteroatoms. The van der Waals surface area contributed by atoms with Gasteiger partial charge in [0.05, 0.1) is 4.90 Å². The summed E-state index contributed by atoms with van der Waals surface area (Å²) in [6.45, 7) is 3.49. The van der Waals surface area contributed by atoms with Crippen molar-refractivity contribution in [2.24, 2.45) is 0 Å². The van der Waals surface area contributed by atoms with E-state index in [-0.39, 0.29) is 10.5 Å². The highest BCUT2D eigenvalue weighted by Gasteiger charge is 2.19. The highest BCUT2D eigenvalue weighted by Crippen LogP contribution is 2.29. The molecule has 0 bridgehead atoms. The maximum absolute atomic E-state index is 14.1. The summed E-state index contributed by atoms with van der Waals surface area (Å²) >= 11 is 0. The summed E-state index contributed by atoms with van der Waals surface area (Å²) < 4.78 is 37.2. The van der Waals surface area contributed by atoms with Crippen LogP contribution in [0.1, 0.15) is 28.4 Å². The lowest BCUT2D eigenvalue weighted by Gasteiger charge is -2.16. The quantitative estimate of drug-likeness (QED) is 0.948. The molecule has 1 atom stereocenters. The van der Waals surface area contributed by atoms with Gasteiger partial charge in [0.15, 0.2) is 9.84 Å². The van der Waals surface area contributed by atoms with Crippen LogP contribution in [0.4, 0.5) is 4.39 Å². The Morgan fingerprint density at radius 3 is 2.38 bits per heavy atom. The number of hydrogen-bond donors (Lipinski definition) is 1. The van der Waals surface area contributed by atoms with Crippen LogP contribution in [0, 0.1) is 19.7 Å². The first-order valence-corrected chi connectivity index (χ1v) is 8.34. The molecule has 0 saturated carbocycles. The van der Waals surface area contributed by atoms with E-state index in [2.05, 4.69) is 0 Å². The van der Waals surface area contributed by atoms with Gasteiger partial charge in [-0.1, -0.05) is 18.2 Å². The van der Waals surface area contributed by atoms with Crippen LogP contribution < -0.4 is 0 Å². The molecule has 2 aromatic rings. The normalized spacial score (nSPS) is 13.2. The van der Waals surface area contributed by atoms with Crippen molar-refractivity contribution in [2.45, 2.75) is 24.8 Å². The first-order valence-electron chi connectivity index (χ1n) is 6.45. The summed E-state index contributed by atoms with van der Waals surface area (Å²) in [7, 11) is -3.37. The van der Waals surface area contributed by atoms with Crippen LogP contribution in [0.3, 0.4) is 0 Å². The third kappa shape index (κ3) is 3.31. The largest absolute Gasteiger partial charge is 0.384 e. The first kappa shape index (κ1) is 15.7. The van der Waals surface area contributed by atoms with Crippen molar-refractivity contribution in [3.63, 3.8) is 0 Å². The lowest BCUT2D eigenvalue weighted by Crippen LogP contribution is -2.07. The maximum Gasteiger partial charge on any atom is 0.175 e. The van der Waals surface area contributed by atoms with Crippen LogP contribution in [-0.2, 0) is 9.84 Å². The minimum atomic E-state index is -3.37. The van der Waals surface area contributed by atoms with Gasteiger partial charge in [-0.05, 0) is 48.7 Å². The van der Waals surface area contributed by atoms with Crippen molar-refractivity contribution >= 4 is 9.84 Å². The Balaban J connectivity index is 2.53. The molecule has 3 nitrogen and oxygen atoms in total. The lowest BCUT2D eigenvalue weighted by atomic mass is 9.95. The zero-order chi connectivity index (χ0) is 15.8. The van der Waals surface area contributed by atoms with Gasteiger partial charge in [0.25, 0.3) is 0 Å². The van der Waals surface area contributed by atoms with Gasteiger partial charge in [-0.25, -0.2) is 12.8 Å². The Labute approximate surface area is 124 Å². The summed E-state index contributed by atoms with van der Waals surface area (Å²) in [5.74, 6) is -0.496. The lowest BCUT2D eigenvalue weighted by molar-refractivity contribution is 0.214. The van der Waals surface area contributed by atoms with E-state index >= 15 is 0 Å². The molecule has 0 spiro atoms. The second-order valence-corrected chi connectivity index (χ2v) is 7.24. The SMILES string of the molecule is Cc1cc(C)c(C(O)c2cccc(S(C)(=O)=O)c2)c(F)c1. The van der Waals surface area contributed by atoms with E-state index in [1.54, 1.807) is 26.0 Å². The summed E-state index contributed by atoms with van der Waals surface area (Å²) in [5, 5.41) is 10.4. The van der Waals surface area contributed by atoms with Gasteiger partial charge >= 0.3 is 0 Å². The van der Waals surface area contributed by atoms with Gasteiger partial charge in [-0.3, -0.25) is 0 Å². The Morgan fingerprint density at radius 1 is 1.14 bits per heavy atom. The zero-order valence-corrected chi connectivity index (χ0v) is 12.9. The predicted octanol–water partition coefficient (Wildman–Crippen LogP) is 2.93. The van der Waals surface area contributed by atoms with Gasteiger partial charge in [0, 0.05) is 11.8 Å². The average Bonchev–Trinajstić information content (AvgIpc) is 2.36. The number of benzene rings is 2. The van der Waals surface area contributed by atoms with Gasteiger partial charge in [-0.2, -0.15) is 0 Å². The number of aryl methyl sites for hydroxylation is 2. The summed E-state index contributed by atoms with van der Waals surface area (Å²) in [4.78, 5) is 0.101. The van der Waals surface area contributed by atoms with E-state index in [1.807, 2.05) is 0 Å². The van der Waals surface area contributed by atoms with E-state index < -0.39 is 21.8 Å². The molecule has 0 amide bonds. The van der Waals surface area contributed by atoms with E-state index in [0.717, 1.165) is 11.8 Å². The van der Waals surface area contributed by atoms with E-state index in [1.165, 1.54) is 24.3 Å². The van der Waals surface area contributed by atoms with Crippen LogP contribution >= 0.6 is 0 Å². The number of aliphatic hydroxyl groups excluding tert-OH is 1. The van der Waals surface area contributed by atoms with Crippen molar-refractivity contribution in [1.82, 2.24) is 0 Å². The Bertz CT molecular complexity index is 759. The molecule has 0 fully saturated rings. The zero-order valence-electron chi connectivity index (χ0n) is 12.1. The first-order chi connectivity index (χ1) is 9.70. The van der Waals surface area contributed by atoms with Gasteiger partial charge in [0.2, 0.25) is 0 Å². The fourth-order valence-corrected chi connectivity index (χ4v) is 3.03. The number of hydrogen-bond acceptors (Lipinski definition) is 3. The van der Waals surface area contributed by atoms with E-state index in [4.69, 9.17) is 0 Å². The van der Waals surface area contributed by atoms with Crippen molar-refractivity contribution in [3.8, 4) is 0 Å². The maximum atomic E-state index is 14.1. The van der Waals surface area contributed by atoms with Crippen LogP contribution in [0.25, 0.3) is 0 Å². The van der Waals surface area contributed by atoms with E-state index in [0.29, 0.717) is 11.1 Å². The van der Waals surface area contributed by atoms with Gasteiger partial charge < -0.3 is 5.11 Å². The molecule has 0 aliphatic rings. The third-order valence-corrected chi connectivity index (χ3v) is 4.47. The third-order valence-electron chi connectivity index (χ3n) is 3.36. The number of rotatable bonds is 3. The smallest absolute Gasteiger partial charge is 0.175 e. The minimum Gasteiger partial charge on any atom is -0.384 e. The van der Waals surface area contributed by atoms with Crippen molar-refractivity contribution in [3.05, 3.63) is 64.5 Å². The second-order valence-electron chi connectivity index (χ2n) is 5.22. The molecular formula is C16H17FO3S. The Hall–Kier alpha value is -1.72.